The first-order valence-electron chi connectivity index (χ1n) is 6.78. The lowest BCUT2D eigenvalue weighted by molar-refractivity contribution is -0.116. The Labute approximate surface area is 126 Å². The molecule has 0 unspecified atom stereocenters. The van der Waals surface area contributed by atoms with E-state index in [4.69, 9.17) is 5.73 Å². The van der Waals surface area contributed by atoms with E-state index in [-0.39, 0.29) is 11.7 Å². The van der Waals surface area contributed by atoms with Gasteiger partial charge in [0.15, 0.2) is 0 Å². The predicted octanol–water partition coefficient (Wildman–Crippen LogP) is 0.964. The van der Waals surface area contributed by atoms with Gasteiger partial charge in [-0.25, -0.2) is 8.42 Å². The lowest BCUT2D eigenvalue weighted by Crippen LogP contribution is -2.27. The molecule has 0 heterocycles. The van der Waals surface area contributed by atoms with E-state index in [1.165, 1.54) is 6.26 Å². The summed E-state index contributed by atoms with van der Waals surface area (Å²) in [6, 6.07) is 7.03. The number of nitrogens with one attached hydrogen (secondary N) is 1. The first-order valence-corrected chi connectivity index (χ1v) is 8.84. The monoisotopic (exact) mass is 313 g/mol. The molecule has 0 aliphatic rings. The number of nitrogen functional groups attached to an aromatic ring is 1. The number of anilines is 2. The van der Waals surface area contributed by atoms with E-state index >= 15 is 0 Å². The van der Waals surface area contributed by atoms with Gasteiger partial charge in [0.25, 0.3) is 0 Å². The van der Waals surface area contributed by atoms with Crippen molar-refractivity contribution in [3.8, 4) is 0 Å². The van der Waals surface area contributed by atoms with Gasteiger partial charge < -0.3 is 16.0 Å². The van der Waals surface area contributed by atoms with Crippen LogP contribution >= 0.6 is 0 Å². The summed E-state index contributed by atoms with van der Waals surface area (Å²) in [5.74, 6) is 0.0658. The van der Waals surface area contributed by atoms with Gasteiger partial charge in [-0.3, -0.25) is 4.79 Å². The fraction of sp³-hybridized carbons (Fsp3) is 0.500. The Balaban J connectivity index is 2.24. The van der Waals surface area contributed by atoms with Crippen LogP contribution in [0.15, 0.2) is 24.3 Å². The highest BCUT2D eigenvalue weighted by molar-refractivity contribution is 7.90. The number of nitrogens with two attached hydrogens (primary N) is 1. The minimum absolute atomic E-state index is 0.0721. The molecule has 0 spiro atoms. The fourth-order valence-corrected chi connectivity index (χ4v) is 2.43. The Morgan fingerprint density at radius 2 is 2.05 bits per heavy atom. The van der Waals surface area contributed by atoms with Crippen molar-refractivity contribution in [3.63, 3.8) is 0 Å². The van der Waals surface area contributed by atoms with Crippen molar-refractivity contribution >= 4 is 27.1 Å². The second kappa shape index (κ2) is 7.99. The molecule has 0 aliphatic heterocycles. The highest BCUT2D eigenvalue weighted by Gasteiger charge is 2.07. The Morgan fingerprint density at radius 1 is 1.33 bits per heavy atom. The van der Waals surface area contributed by atoms with Crippen molar-refractivity contribution in [1.29, 1.82) is 0 Å². The van der Waals surface area contributed by atoms with Crippen LogP contribution in [0.25, 0.3) is 0 Å². The Morgan fingerprint density at radius 3 is 2.67 bits per heavy atom. The van der Waals surface area contributed by atoms with Crippen molar-refractivity contribution in [1.82, 2.24) is 4.90 Å². The number of nitrogens with zero attached hydrogens (tertiary/aromatic N) is 1. The number of rotatable bonds is 8. The molecule has 0 radical (unpaired) electrons. The molecular formula is C14H23N3O3S. The molecule has 1 aromatic rings. The third kappa shape index (κ3) is 8.31. The smallest absolute Gasteiger partial charge is 0.224 e. The second-order valence-electron chi connectivity index (χ2n) is 5.21. The van der Waals surface area contributed by atoms with Gasteiger partial charge in [0.1, 0.15) is 9.84 Å². The van der Waals surface area contributed by atoms with Gasteiger partial charge in [0.2, 0.25) is 5.91 Å². The molecule has 0 saturated carbocycles. The molecule has 0 fully saturated rings. The third-order valence-electron chi connectivity index (χ3n) is 2.96. The summed E-state index contributed by atoms with van der Waals surface area (Å²) in [6.07, 6.45) is 2.28. The predicted molar refractivity (Wildman–Crippen MR) is 85.9 cm³/mol. The van der Waals surface area contributed by atoms with E-state index in [2.05, 4.69) is 5.32 Å². The molecule has 0 aliphatic carbocycles. The number of hydrogen-bond donors (Lipinski definition) is 2. The zero-order valence-electron chi connectivity index (χ0n) is 12.5. The SMILES string of the molecule is CN(CCCC(=O)Nc1cccc(N)c1)CCS(C)(=O)=O. The second-order valence-corrected chi connectivity index (χ2v) is 7.47. The van der Waals surface area contributed by atoms with Gasteiger partial charge in [0, 0.05) is 30.6 Å². The van der Waals surface area contributed by atoms with E-state index in [0.717, 1.165) is 0 Å². The molecule has 1 amide bonds. The average Bonchev–Trinajstić information content (AvgIpc) is 2.35. The molecule has 21 heavy (non-hydrogen) atoms. The average molecular weight is 313 g/mol. The van der Waals surface area contributed by atoms with E-state index in [0.29, 0.717) is 37.3 Å². The van der Waals surface area contributed by atoms with Crippen LogP contribution < -0.4 is 11.1 Å². The minimum Gasteiger partial charge on any atom is -0.399 e. The standard InChI is InChI=1S/C14H23N3O3S/c1-17(9-10-21(2,19)20)8-4-7-14(18)16-13-6-3-5-12(15)11-13/h3,5-6,11H,4,7-10,15H2,1-2H3,(H,16,18). The van der Waals surface area contributed by atoms with Gasteiger partial charge >= 0.3 is 0 Å². The van der Waals surface area contributed by atoms with Crippen molar-refractivity contribution in [2.24, 2.45) is 0 Å². The number of carbonyl (C=O) groups is 1. The van der Waals surface area contributed by atoms with Gasteiger partial charge in [0.05, 0.1) is 5.75 Å². The van der Waals surface area contributed by atoms with E-state index in [1.807, 2.05) is 11.9 Å². The Hall–Kier alpha value is -1.60. The van der Waals surface area contributed by atoms with Gasteiger partial charge in [-0.05, 0) is 38.2 Å². The number of carbonyl (C=O) groups excluding carboxylic acids is 1. The van der Waals surface area contributed by atoms with E-state index < -0.39 is 9.84 Å². The molecule has 1 rings (SSSR count). The molecule has 118 valence electrons. The summed E-state index contributed by atoms with van der Waals surface area (Å²) in [6.45, 7) is 1.16. The molecule has 6 nitrogen and oxygen atoms in total. The quantitative estimate of drug-likeness (QED) is 0.698. The van der Waals surface area contributed by atoms with Crippen LogP contribution in [0.2, 0.25) is 0 Å². The molecule has 0 atom stereocenters. The highest BCUT2D eigenvalue weighted by atomic mass is 32.2. The van der Waals surface area contributed by atoms with Crippen molar-refractivity contribution in [2.45, 2.75) is 12.8 Å². The topological polar surface area (TPSA) is 92.5 Å². The summed E-state index contributed by atoms with van der Waals surface area (Å²) < 4.78 is 22.1. The maximum Gasteiger partial charge on any atom is 0.224 e. The Bertz CT molecular complexity index is 573. The van der Waals surface area contributed by atoms with Crippen molar-refractivity contribution < 1.29 is 13.2 Å². The third-order valence-corrected chi connectivity index (χ3v) is 3.88. The van der Waals surface area contributed by atoms with Crippen LogP contribution in [0.3, 0.4) is 0 Å². The molecule has 3 N–H and O–H groups in total. The normalized spacial score (nSPS) is 11.6. The zero-order valence-corrected chi connectivity index (χ0v) is 13.3. The number of benzene rings is 1. The van der Waals surface area contributed by atoms with Crippen molar-refractivity contribution in [3.05, 3.63) is 24.3 Å². The fourth-order valence-electron chi connectivity index (χ4n) is 1.78. The molecule has 0 bridgehead atoms. The summed E-state index contributed by atoms with van der Waals surface area (Å²) >= 11 is 0. The first-order chi connectivity index (χ1) is 9.76. The largest absolute Gasteiger partial charge is 0.399 e. The van der Waals surface area contributed by atoms with E-state index in [9.17, 15) is 13.2 Å². The van der Waals surface area contributed by atoms with Crippen LogP contribution in [-0.4, -0.2) is 51.4 Å². The number of sulfone groups is 1. The first kappa shape index (κ1) is 17.5. The molecule has 7 heteroatoms. The maximum atomic E-state index is 11.8. The minimum atomic E-state index is -2.94. The molecule has 1 aromatic carbocycles. The van der Waals surface area contributed by atoms with Crippen LogP contribution in [0.4, 0.5) is 11.4 Å². The lowest BCUT2D eigenvalue weighted by atomic mass is 10.2. The summed E-state index contributed by atoms with van der Waals surface area (Å²) in [5, 5.41) is 2.78. The summed E-state index contributed by atoms with van der Waals surface area (Å²) in [5.41, 5.74) is 6.93. The van der Waals surface area contributed by atoms with Crippen molar-refractivity contribution in [2.75, 3.05) is 43.2 Å². The van der Waals surface area contributed by atoms with Gasteiger partial charge in [-0.15, -0.1) is 0 Å². The van der Waals surface area contributed by atoms with Crippen LogP contribution in [0, 0.1) is 0 Å². The molecular weight excluding hydrogens is 290 g/mol. The summed E-state index contributed by atoms with van der Waals surface area (Å²) in [4.78, 5) is 13.7. The van der Waals surface area contributed by atoms with E-state index in [1.54, 1.807) is 24.3 Å². The zero-order chi connectivity index (χ0) is 15.9. The van der Waals surface area contributed by atoms with Crippen LogP contribution in [0.5, 0.6) is 0 Å². The van der Waals surface area contributed by atoms with Gasteiger partial charge in [-0.2, -0.15) is 0 Å². The highest BCUT2D eigenvalue weighted by Crippen LogP contribution is 2.12. The maximum absolute atomic E-state index is 11.8. The van der Waals surface area contributed by atoms with Gasteiger partial charge in [-0.1, -0.05) is 6.07 Å². The Kier molecular flexibility index (Phi) is 6.64. The lowest BCUT2D eigenvalue weighted by Gasteiger charge is -2.15. The molecule has 0 aromatic heterocycles. The summed E-state index contributed by atoms with van der Waals surface area (Å²) in [7, 11) is -1.09. The van der Waals surface area contributed by atoms with Crippen LogP contribution in [-0.2, 0) is 14.6 Å². The number of hydrogen-bond acceptors (Lipinski definition) is 5. The molecule has 0 saturated heterocycles. The van der Waals surface area contributed by atoms with Crippen LogP contribution in [0.1, 0.15) is 12.8 Å². The number of amides is 1.